The van der Waals surface area contributed by atoms with E-state index in [-0.39, 0.29) is 17.4 Å². The average Bonchev–Trinajstić information content (AvgIpc) is 2.85. The van der Waals surface area contributed by atoms with Crippen LogP contribution in [-0.2, 0) is 6.54 Å². The molecule has 0 aliphatic rings. The van der Waals surface area contributed by atoms with Crippen LogP contribution in [0.1, 0.15) is 35.9 Å². The first-order valence-corrected chi connectivity index (χ1v) is 7.53. The number of carboxylic acids is 1. The summed E-state index contributed by atoms with van der Waals surface area (Å²) in [4.78, 5) is 11.7. The minimum absolute atomic E-state index is 0.00422. The summed E-state index contributed by atoms with van der Waals surface area (Å²) in [6.45, 7) is 4.27. The number of aromatic nitrogens is 3. The van der Waals surface area contributed by atoms with Crippen LogP contribution in [0.15, 0.2) is 29.2 Å². The van der Waals surface area contributed by atoms with Crippen molar-refractivity contribution in [3.63, 3.8) is 0 Å². The van der Waals surface area contributed by atoms with Crippen LogP contribution < -0.4 is 0 Å². The molecule has 0 amide bonds. The Balaban J connectivity index is 2.07. The van der Waals surface area contributed by atoms with E-state index in [2.05, 4.69) is 10.3 Å². The lowest BCUT2D eigenvalue weighted by Crippen LogP contribution is -2.11. The van der Waals surface area contributed by atoms with E-state index in [1.807, 2.05) is 13.8 Å². The Kier molecular flexibility index (Phi) is 4.95. The molecule has 5 nitrogen and oxygen atoms in total. The third kappa shape index (κ3) is 3.60. The fraction of sp³-hybridized carbons (Fsp3) is 0.357. The predicted octanol–water partition coefficient (Wildman–Crippen LogP) is 3.03. The standard InChI is InChI=1S/C14H16FN3O2S/c1-9(2)13-12(14(19)20)16-17-18(13)7-8-21-11-6-4-3-5-10(11)15/h3-6,9H,7-8H2,1-2H3,(H,19,20). The van der Waals surface area contributed by atoms with Crippen LogP contribution in [0, 0.1) is 5.82 Å². The van der Waals surface area contributed by atoms with Crippen molar-refractivity contribution in [2.75, 3.05) is 5.75 Å². The van der Waals surface area contributed by atoms with E-state index in [9.17, 15) is 9.18 Å². The summed E-state index contributed by atoms with van der Waals surface area (Å²) in [7, 11) is 0. The summed E-state index contributed by atoms with van der Waals surface area (Å²) < 4.78 is 15.1. The monoisotopic (exact) mass is 309 g/mol. The average molecular weight is 309 g/mol. The maximum Gasteiger partial charge on any atom is 0.358 e. The minimum Gasteiger partial charge on any atom is -0.476 e. The maximum absolute atomic E-state index is 13.5. The Labute approximate surface area is 126 Å². The summed E-state index contributed by atoms with van der Waals surface area (Å²) in [5.74, 6) is -0.740. The predicted molar refractivity (Wildman–Crippen MR) is 78.2 cm³/mol. The summed E-state index contributed by atoms with van der Waals surface area (Å²) >= 11 is 1.37. The van der Waals surface area contributed by atoms with Crippen LogP contribution in [0.2, 0.25) is 0 Å². The van der Waals surface area contributed by atoms with E-state index < -0.39 is 5.97 Å². The molecule has 0 bridgehead atoms. The van der Waals surface area contributed by atoms with Crippen molar-refractivity contribution in [2.24, 2.45) is 0 Å². The van der Waals surface area contributed by atoms with E-state index in [0.717, 1.165) is 0 Å². The Morgan fingerprint density at radius 1 is 1.43 bits per heavy atom. The maximum atomic E-state index is 13.5. The number of aryl methyl sites for hydroxylation is 1. The number of halogens is 1. The summed E-state index contributed by atoms with van der Waals surface area (Å²) in [6, 6.07) is 6.56. The first kappa shape index (κ1) is 15.5. The number of aromatic carboxylic acids is 1. The van der Waals surface area contributed by atoms with Gasteiger partial charge in [-0.3, -0.25) is 0 Å². The molecule has 21 heavy (non-hydrogen) atoms. The second-order valence-corrected chi connectivity index (χ2v) is 5.92. The van der Waals surface area contributed by atoms with Gasteiger partial charge in [0.05, 0.1) is 12.2 Å². The van der Waals surface area contributed by atoms with Crippen molar-refractivity contribution in [3.05, 3.63) is 41.5 Å². The number of hydrogen-bond donors (Lipinski definition) is 1. The molecule has 2 aromatic rings. The van der Waals surface area contributed by atoms with Crippen molar-refractivity contribution in [3.8, 4) is 0 Å². The molecular formula is C14H16FN3O2S. The zero-order valence-corrected chi connectivity index (χ0v) is 12.6. The normalized spacial score (nSPS) is 11.0. The summed E-state index contributed by atoms with van der Waals surface area (Å²) in [6.07, 6.45) is 0. The second-order valence-electron chi connectivity index (χ2n) is 4.79. The van der Waals surface area contributed by atoms with E-state index in [1.54, 1.807) is 22.9 Å². The smallest absolute Gasteiger partial charge is 0.358 e. The molecule has 0 fully saturated rings. The van der Waals surface area contributed by atoms with Gasteiger partial charge in [0.15, 0.2) is 5.69 Å². The second kappa shape index (κ2) is 6.71. The van der Waals surface area contributed by atoms with E-state index in [0.29, 0.717) is 22.9 Å². The van der Waals surface area contributed by atoms with Gasteiger partial charge in [-0.05, 0) is 18.1 Å². The largest absolute Gasteiger partial charge is 0.476 e. The highest BCUT2D eigenvalue weighted by molar-refractivity contribution is 7.99. The Morgan fingerprint density at radius 2 is 2.14 bits per heavy atom. The van der Waals surface area contributed by atoms with E-state index in [1.165, 1.54) is 17.8 Å². The van der Waals surface area contributed by atoms with Gasteiger partial charge in [-0.15, -0.1) is 16.9 Å². The molecule has 0 unspecified atom stereocenters. The van der Waals surface area contributed by atoms with Gasteiger partial charge in [0.25, 0.3) is 0 Å². The molecule has 1 aromatic heterocycles. The van der Waals surface area contributed by atoms with Gasteiger partial charge in [0.2, 0.25) is 0 Å². The summed E-state index contributed by atoms with van der Waals surface area (Å²) in [5, 5.41) is 16.7. The summed E-state index contributed by atoms with van der Waals surface area (Å²) in [5.41, 5.74) is 0.581. The highest BCUT2D eigenvalue weighted by Gasteiger charge is 2.21. The van der Waals surface area contributed by atoms with Gasteiger partial charge in [0.1, 0.15) is 5.82 Å². The van der Waals surface area contributed by atoms with Crippen LogP contribution in [0.5, 0.6) is 0 Å². The molecule has 112 valence electrons. The zero-order valence-electron chi connectivity index (χ0n) is 11.8. The van der Waals surface area contributed by atoms with Crippen LogP contribution in [-0.4, -0.2) is 31.8 Å². The van der Waals surface area contributed by atoms with Crippen molar-refractivity contribution in [1.82, 2.24) is 15.0 Å². The highest BCUT2D eigenvalue weighted by Crippen LogP contribution is 2.23. The van der Waals surface area contributed by atoms with Crippen molar-refractivity contribution < 1.29 is 14.3 Å². The van der Waals surface area contributed by atoms with Crippen molar-refractivity contribution in [2.45, 2.75) is 31.2 Å². The molecule has 0 radical (unpaired) electrons. The Bertz CT molecular complexity index is 643. The highest BCUT2D eigenvalue weighted by atomic mass is 32.2. The molecule has 0 aliphatic heterocycles. The van der Waals surface area contributed by atoms with Crippen molar-refractivity contribution in [1.29, 1.82) is 0 Å². The van der Waals surface area contributed by atoms with Crippen LogP contribution >= 0.6 is 11.8 Å². The number of rotatable bonds is 6. The number of carboxylic acid groups (broad SMARTS) is 1. The molecule has 1 heterocycles. The minimum atomic E-state index is -1.08. The fourth-order valence-corrected chi connectivity index (χ4v) is 2.88. The Morgan fingerprint density at radius 3 is 2.76 bits per heavy atom. The zero-order chi connectivity index (χ0) is 15.4. The van der Waals surface area contributed by atoms with Crippen LogP contribution in [0.3, 0.4) is 0 Å². The number of hydrogen-bond acceptors (Lipinski definition) is 4. The van der Waals surface area contributed by atoms with Gasteiger partial charge in [0, 0.05) is 10.6 Å². The molecule has 7 heteroatoms. The lowest BCUT2D eigenvalue weighted by atomic mass is 10.1. The van der Waals surface area contributed by atoms with E-state index in [4.69, 9.17) is 5.11 Å². The number of thioether (sulfide) groups is 1. The SMILES string of the molecule is CC(C)c1c(C(=O)O)nnn1CCSc1ccccc1F. The molecule has 0 spiro atoms. The molecule has 0 saturated carbocycles. The molecule has 2 rings (SSSR count). The van der Waals surface area contributed by atoms with Gasteiger partial charge < -0.3 is 5.11 Å². The van der Waals surface area contributed by atoms with Crippen LogP contribution in [0.4, 0.5) is 4.39 Å². The lowest BCUT2D eigenvalue weighted by molar-refractivity contribution is 0.0688. The molecule has 0 saturated heterocycles. The first-order valence-electron chi connectivity index (χ1n) is 6.54. The number of nitrogens with zero attached hydrogens (tertiary/aromatic N) is 3. The first-order chi connectivity index (χ1) is 10.0. The molecule has 1 N–H and O–H groups in total. The molecule has 0 aliphatic carbocycles. The fourth-order valence-electron chi connectivity index (χ4n) is 2.01. The van der Waals surface area contributed by atoms with Crippen LogP contribution in [0.25, 0.3) is 0 Å². The quantitative estimate of drug-likeness (QED) is 0.831. The van der Waals surface area contributed by atoms with E-state index >= 15 is 0 Å². The van der Waals surface area contributed by atoms with Gasteiger partial charge in [-0.1, -0.05) is 31.2 Å². The molecule has 0 atom stereocenters. The van der Waals surface area contributed by atoms with Gasteiger partial charge in [-0.25, -0.2) is 13.9 Å². The van der Waals surface area contributed by atoms with Gasteiger partial charge >= 0.3 is 5.97 Å². The third-order valence-corrected chi connectivity index (χ3v) is 3.95. The number of benzene rings is 1. The number of carbonyl (C=O) groups is 1. The van der Waals surface area contributed by atoms with Gasteiger partial charge in [-0.2, -0.15) is 0 Å². The Hall–Kier alpha value is -1.89. The topological polar surface area (TPSA) is 68.0 Å². The third-order valence-electron chi connectivity index (χ3n) is 2.92. The molecule has 1 aromatic carbocycles. The lowest BCUT2D eigenvalue weighted by Gasteiger charge is -2.09. The van der Waals surface area contributed by atoms with Crippen molar-refractivity contribution >= 4 is 17.7 Å². The molecular weight excluding hydrogens is 293 g/mol.